The maximum atomic E-state index is 11.6. The molecular weight excluding hydrogens is 166 g/mol. The van der Waals surface area contributed by atoms with Crippen molar-refractivity contribution in [3.8, 4) is 0 Å². The molecule has 13 heavy (non-hydrogen) atoms. The number of nitrogens with zero attached hydrogens (tertiary/aromatic N) is 1. The molecule has 1 aliphatic carbocycles. The van der Waals surface area contributed by atoms with Gasteiger partial charge in [0.1, 0.15) is 0 Å². The summed E-state index contributed by atoms with van der Waals surface area (Å²) >= 11 is 0. The molecule has 72 valence electrons. The number of imide groups is 1. The summed E-state index contributed by atoms with van der Waals surface area (Å²) in [6.07, 6.45) is 2.90. The highest BCUT2D eigenvalue weighted by atomic mass is 16.2. The van der Waals surface area contributed by atoms with Gasteiger partial charge in [0.05, 0.1) is 11.8 Å². The standard InChI is InChI=1S/C10H15NO2/c1-6-3-4-7-8(5-6)10(13)11(2)9(7)12/h6-8H,3-5H2,1-2H3/t6-,7+,8-/m0/s1. The lowest BCUT2D eigenvalue weighted by Crippen LogP contribution is -2.26. The Labute approximate surface area is 78.1 Å². The van der Waals surface area contributed by atoms with Gasteiger partial charge in [-0.3, -0.25) is 14.5 Å². The minimum Gasteiger partial charge on any atom is -0.285 e. The van der Waals surface area contributed by atoms with E-state index in [1.54, 1.807) is 7.05 Å². The highest BCUT2D eigenvalue weighted by Crippen LogP contribution is 2.39. The zero-order chi connectivity index (χ0) is 9.59. The average molecular weight is 181 g/mol. The first-order valence-electron chi connectivity index (χ1n) is 4.92. The van der Waals surface area contributed by atoms with Gasteiger partial charge in [-0.1, -0.05) is 6.92 Å². The van der Waals surface area contributed by atoms with Crippen molar-refractivity contribution < 1.29 is 9.59 Å². The number of fused-ring (bicyclic) bond motifs is 1. The van der Waals surface area contributed by atoms with Crippen LogP contribution in [0.15, 0.2) is 0 Å². The van der Waals surface area contributed by atoms with E-state index in [0.717, 1.165) is 19.3 Å². The molecule has 2 fully saturated rings. The van der Waals surface area contributed by atoms with Crippen molar-refractivity contribution in [1.29, 1.82) is 0 Å². The quantitative estimate of drug-likeness (QED) is 0.523. The highest BCUT2D eigenvalue weighted by Gasteiger charge is 2.47. The number of amides is 2. The Morgan fingerprint density at radius 3 is 2.46 bits per heavy atom. The van der Waals surface area contributed by atoms with Crippen LogP contribution in [0.4, 0.5) is 0 Å². The second-order valence-corrected chi connectivity index (χ2v) is 4.37. The molecule has 2 rings (SSSR count). The Kier molecular flexibility index (Phi) is 1.90. The zero-order valence-electron chi connectivity index (χ0n) is 8.12. The molecule has 3 atom stereocenters. The number of hydrogen-bond acceptors (Lipinski definition) is 2. The summed E-state index contributed by atoms with van der Waals surface area (Å²) in [4.78, 5) is 24.5. The molecule has 1 aliphatic heterocycles. The molecule has 3 heteroatoms. The number of carbonyl (C=O) groups excluding carboxylic acids is 2. The van der Waals surface area contributed by atoms with Crippen molar-refractivity contribution in [1.82, 2.24) is 4.90 Å². The van der Waals surface area contributed by atoms with Crippen molar-refractivity contribution in [2.24, 2.45) is 17.8 Å². The summed E-state index contributed by atoms with van der Waals surface area (Å²) in [5.74, 6) is 0.697. The molecule has 2 aliphatic rings. The molecule has 3 nitrogen and oxygen atoms in total. The summed E-state index contributed by atoms with van der Waals surface area (Å²) in [5, 5.41) is 0. The number of carbonyl (C=O) groups is 2. The lowest BCUT2D eigenvalue weighted by Gasteiger charge is -2.25. The Morgan fingerprint density at radius 2 is 1.77 bits per heavy atom. The molecule has 0 N–H and O–H groups in total. The molecule has 0 bridgehead atoms. The summed E-state index contributed by atoms with van der Waals surface area (Å²) in [7, 11) is 1.60. The molecule has 0 radical (unpaired) electrons. The van der Waals surface area contributed by atoms with Gasteiger partial charge >= 0.3 is 0 Å². The Bertz CT molecular complexity index is 262. The topological polar surface area (TPSA) is 37.4 Å². The predicted molar refractivity (Wildman–Crippen MR) is 47.8 cm³/mol. The first-order chi connectivity index (χ1) is 6.11. The van der Waals surface area contributed by atoms with Crippen molar-refractivity contribution in [3.63, 3.8) is 0 Å². The number of rotatable bonds is 0. The van der Waals surface area contributed by atoms with E-state index in [1.165, 1.54) is 4.90 Å². The van der Waals surface area contributed by atoms with E-state index >= 15 is 0 Å². The number of likely N-dealkylation sites (tertiary alicyclic amines) is 1. The van der Waals surface area contributed by atoms with Crippen molar-refractivity contribution in [3.05, 3.63) is 0 Å². The minimum absolute atomic E-state index is 0.00116. The fourth-order valence-electron chi connectivity index (χ4n) is 2.56. The fraction of sp³-hybridized carbons (Fsp3) is 0.800. The summed E-state index contributed by atoms with van der Waals surface area (Å²) in [6, 6.07) is 0. The monoisotopic (exact) mass is 181 g/mol. The molecule has 0 unspecified atom stereocenters. The Hall–Kier alpha value is -0.860. The van der Waals surface area contributed by atoms with E-state index < -0.39 is 0 Å². The fourth-order valence-corrected chi connectivity index (χ4v) is 2.56. The van der Waals surface area contributed by atoms with Crippen LogP contribution in [-0.2, 0) is 9.59 Å². The molecule has 1 saturated heterocycles. The van der Waals surface area contributed by atoms with Gasteiger partial charge in [0, 0.05) is 7.05 Å². The van der Waals surface area contributed by atoms with Crippen LogP contribution in [0.3, 0.4) is 0 Å². The second-order valence-electron chi connectivity index (χ2n) is 4.37. The first-order valence-corrected chi connectivity index (χ1v) is 4.92. The third-order valence-corrected chi connectivity index (χ3v) is 3.41. The van der Waals surface area contributed by atoms with Crippen LogP contribution < -0.4 is 0 Å². The Morgan fingerprint density at radius 1 is 1.15 bits per heavy atom. The summed E-state index contributed by atoms with van der Waals surface area (Å²) in [5.41, 5.74) is 0. The van der Waals surface area contributed by atoms with Crippen molar-refractivity contribution in [2.75, 3.05) is 7.05 Å². The predicted octanol–water partition coefficient (Wildman–Crippen LogP) is 1.04. The van der Waals surface area contributed by atoms with E-state index in [2.05, 4.69) is 6.92 Å². The smallest absolute Gasteiger partial charge is 0.232 e. The Balaban J connectivity index is 2.22. The van der Waals surface area contributed by atoms with Crippen molar-refractivity contribution in [2.45, 2.75) is 26.2 Å². The zero-order valence-corrected chi connectivity index (χ0v) is 8.12. The molecule has 0 spiro atoms. The summed E-state index contributed by atoms with van der Waals surface area (Å²) in [6.45, 7) is 2.16. The van der Waals surface area contributed by atoms with Crippen LogP contribution in [-0.4, -0.2) is 23.8 Å². The molecule has 2 amide bonds. The third kappa shape index (κ3) is 1.18. The van der Waals surface area contributed by atoms with Gasteiger partial charge in [-0.05, 0) is 25.2 Å². The van der Waals surface area contributed by atoms with Crippen molar-refractivity contribution >= 4 is 11.8 Å². The minimum atomic E-state index is 0.00116. The van der Waals surface area contributed by atoms with Crippen LogP contribution in [0, 0.1) is 17.8 Å². The van der Waals surface area contributed by atoms with Gasteiger partial charge in [0.25, 0.3) is 0 Å². The van der Waals surface area contributed by atoms with E-state index in [1.807, 2.05) is 0 Å². The van der Waals surface area contributed by atoms with Crippen LogP contribution in [0.2, 0.25) is 0 Å². The van der Waals surface area contributed by atoms with Gasteiger partial charge < -0.3 is 0 Å². The van der Waals surface area contributed by atoms with Gasteiger partial charge in [-0.25, -0.2) is 0 Å². The molecule has 1 saturated carbocycles. The van der Waals surface area contributed by atoms with E-state index in [4.69, 9.17) is 0 Å². The lowest BCUT2D eigenvalue weighted by atomic mass is 9.76. The largest absolute Gasteiger partial charge is 0.285 e. The van der Waals surface area contributed by atoms with Crippen LogP contribution in [0.5, 0.6) is 0 Å². The first kappa shape index (κ1) is 8.73. The van der Waals surface area contributed by atoms with Gasteiger partial charge in [-0.15, -0.1) is 0 Å². The molecule has 1 heterocycles. The average Bonchev–Trinajstić information content (AvgIpc) is 2.32. The molecule has 0 aromatic carbocycles. The molecular formula is C10H15NO2. The van der Waals surface area contributed by atoms with Crippen LogP contribution in [0.25, 0.3) is 0 Å². The van der Waals surface area contributed by atoms with E-state index in [9.17, 15) is 9.59 Å². The lowest BCUT2D eigenvalue weighted by molar-refractivity contribution is -0.138. The van der Waals surface area contributed by atoms with Crippen LogP contribution >= 0.6 is 0 Å². The third-order valence-electron chi connectivity index (χ3n) is 3.41. The van der Waals surface area contributed by atoms with E-state index in [-0.39, 0.29) is 23.7 Å². The normalized spacial score (nSPS) is 39.5. The van der Waals surface area contributed by atoms with Gasteiger partial charge in [0.15, 0.2) is 0 Å². The maximum Gasteiger partial charge on any atom is 0.232 e. The van der Waals surface area contributed by atoms with E-state index in [0.29, 0.717) is 5.92 Å². The molecule has 0 aromatic heterocycles. The van der Waals surface area contributed by atoms with Crippen LogP contribution in [0.1, 0.15) is 26.2 Å². The van der Waals surface area contributed by atoms with Gasteiger partial charge in [0.2, 0.25) is 11.8 Å². The maximum absolute atomic E-state index is 11.6. The summed E-state index contributed by atoms with van der Waals surface area (Å²) < 4.78 is 0. The SMILES string of the molecule is C[C@H]1CC[C@H]2C(=O)N(C)C(=O)[C@H]2C1. The number of hydrogen-bond donors (Lipinski definition) is 0. The highest BCUT2D eigenvalue weighted by molar-refractivity contribution is 6.04. The second kappa shape index (κ2) is 2.82. The van der Waals surface area contributed by atoms with Gasteiger partial charge in [-0.2, -0.15) is 0 Å². The molecule has 0 aromatic rings.